The van der Waals surface area contributed by atoms with Crippen LogP contribution in [0.15, 0.2) is 18.4 Å². The highest BCUT2D eigenvalue weighted by Crippen LogP contribution is 2.19. The van der Waals surface area contributed by atoms with E-state index in [9.17, 15) is 13.2 Å². The first kappa shape index (κ1) is 6.98. The lowest BCUT2D eigenvalue weighted by Crippen LogP contribution is -2.42. The van der Waals surface area contributed by atoms with Crippen molar-refractivity contribution in [1.82, 2.24) is 10.4 Å². The number of nitrogens with one attached hydrogen (secondary N) is 1. The molecule has 0 saturated heterocycles. The molecule has 5 heteroatoms. The molecule has 0 bridgehead atoms. The molecule has 1 aliphatic heterocycles. The molecule has 0 fully saturated rings. The van der Waals surface area contributed by atoms with E-state index in [4.69, 9.17) is 0 Å². The van der Waals surface area contributed by atoms with E-state index in [0.29, 0.717) is 0 Å². The normalized spacial score (nSPS) is 17.3. The lowest BCUT2D eigenvalue weighted by Gasteiger charge is -2.22. The number of hydrogen-bond acceptors (Lipinski definition) is 2. The molecule has 0 spiro atoms. The second-order valence-electron chi connectivity index (χ2n) is 1.59. The Kier molecular flexibility index (Phi) is 1.57. The average molecular weight is 149 g/mol. The van der Waals surface area contributed by atoms with Crippen LogP contribution in [0.3, 0.4) is 0 Å². The maximum Gasteiger partial charge on any atom is 0.503 e. The van der Waals surface area contributed by atoms with Gasteiger partial charge in [0.1, 0.15) is 0 Å². The highest BCUT2D eigenvalue weighted by molar-refractivity contribution is 5.01. The summed E-state index contributed by atoms with van der Waals surface area (Å²) in [5.74, 6) is 0. The van der Waals surface area contributed by atoms with Crippen molar-refractivity contribution < 1.29 is 13.2 Å². The van der Waals surface area contributed by atoms with Gasteiger partial charge in [-0.3, -0.25) is 5.43 Å². The Hall–Kier alpha value is -1.13. The number of hydrogen-bond donors (Lipinski definition) is 1. The quantitative estimate of drug-likeness (QED) is 0.520. The Labute approximate surface area is 55.6 Å². The number of nitrogens with zero attached hydrogens (tertiary/aromatic N) is 1. The third-order valence-electron chi connectivity index (χ3n) is 0.853. The van der Waals surface area contributed by atoms with Gasteiger partial charge in [-0.2, -0.15) is 5.01 Å². The van der Waals surface area contributed by atoms with Crippen LogP contribution < -0.4 is 5.43 Å². The number of hydrazine groups is 1. The van der Waals surface area contributed by atoms with Crippen molar-refractivity contribution in [2.75, 3.05) is 0 Å². The first-order valence-corrected chi connectivity index (χ1v) is 2.48. The third kappa shape index (κ3) is 1.43. The van der Waals surface area contributed by atoms with Crippen molar-refractivity contribution in [2.45, 2.75) is 6.30 Å². The van der Waals surface area contributed by atoms with Crippen LogP contribution in [0.2, 0.25) is 0 Å². The Morgan fingerprint density at radius 3 is 2.40 bits per heavy atom. The summed E-state index contributed by atoms with van der Waals surface area (Å²) >= 11 is 0. The van der Waals surface area contributed by atoms with Crippen molar-refractivity contribution in [3.63, 3.8) is 0 Å². The minimum absolute atomic E-state index is 0.0625. The van der Waals surface area contributed by atoms with Crippen LogP contribution in [-0.4, -0.2) is 11.3 Å². The number of allylic oxidation sites excluding steroid dienone is 2. The average Bonchev–Trinajstić information content (AvgIpc) is 1.88. The molecule has 0 aromatic heterocycles. The van der Waals surface area contributed by atoms with Crippen LogP contribution in [0.4, 0.5) is 13.2 Å². The van der Waals surface area contributed by atoms with E-state index in [2.05, 4.69) is 0 Å². The molecule has 1 N–H and O–H groups in total. The van der Waals surface area contributed by atoms with Gasteiger partial charge in [-0.1, -0.05) is 0 Å². The van der Waals surface area contributed by atoms with Gasteiger partial charge in [0.25, 0.3) is 0 Å². The molecule has 0 saturated carbocycles. The summed E-state index contributed by atoms with van der Waals surface area (Å²) in [7, 11) is 0. The Bertz CT molecular complexity index is 170. The summed E-state index contributed by atoms with van der Waals surface area (Å²) in [5, 5.41) is -0.0625. The van der Waals surface area contributed by atoms with Gasteiger partial charge in [0, 0.05) is 6.20 Å². The van der Waals surface area contributed by atoms with Gasteiger partial charge in [-0.15, -0.1) is 13.2 Å². The standard InChI is InChI=1S/C5H4F3N2/c6-5(7,8)10-4-2-1-3-9-10/h1-3,9H. The molecular weight excluding hydrogens is 145 g/mol. The summed E-state index contributed by atoms with van der Waals surface area (Å²) in [4.78, 5) is 0. The monoisotopic (exact) mass is 149 g/mol. The Morgan fingerprint density at radius 1 is 1.40 bits per heavy atom. The van der Waals surface area contributed by atoms with Crippen LogP contribution >= 0.6 is 0 Å². The lowest BCUT2D eigenvalue weighted by molar-refractivity contribution is -0.244. The minimum atomic E-state index is -4.40. The predicted molar refractivity (Wildman–Crippen MR) is 28.0 cm³/mol. The fourth-order valence-corrected chi connectivity index (χ4v) is 0.467. The topological polar surface area (TPSA) is 15.3 Å². The first-order chi connectivity index (χ1) is 4.61. The molecule has 0 atom stereocenters. The number of alkyl halides is 3. The van der Waals surface area contributed by atoms with E-state index in [1.807, 2.05) is 11.6 Å². The lowest BCUT2D eigenvalue weighted by atomic mass is 10.5. The van der Waals surface area contributed by atoms with Crippen LogP contribution in [0.1, 0.15) is 0 Å². The zero-order chi connectivity index (χ0) is 7.61. The molecule has 10 heavy (non-hydrogen) atoms. The second kappa shape index (κ2) is 2.24. The fraction of sp³-hybridized carbons (Fsp3) is 0.200. The predicted octanol–water partition coefficient (Wildman–Crippen LogP) is 1.16. The molecule has 0 aromatic rings. The Balaban J connectivity index is 2.60. The number of halogens is 3. The maximum absolute atomic E-state index is 11.7. The van der Waals surface area contributed by atoms with E-state index in [0.717, 1.165) is 0 Å². The molecule has 1 heterocycles. The molecule has 55 valence electrons. The molecule has 2 nitrogen and oxygen atoms in total. The molecule has 0 amide bonds. The molecule has 0 aliphatic carbocycles. The second-order valence-corrected chi connectivity index (χ2v) is 1.59. The van der Waals surface area contributed by atoms with E-state index in [1.165, 1.54) is 18.4 Å². The largest absolute Gasteiger partial charge is 0.503 e. The van der Waals surface area contributed by atoms with Crippen LogP contribution in [0.25, 0.3) is 0 Å². The van der Waals surface area contributed by atoms with E-state index < -0.39 is 6.30 Å². The van der Waals surface area contributed by atoms with Gasteiger partial charge >= 0.3 is 6.30 Å². The summed E-state index contributed by atoms with van der Waals surface area (Å²) in [6.45, 7) is 0. The van der Waals surface area contributed by atoms with Crippen molar-refractivity contribution in [3.8, 4) is 0 Å². The van der Waals surface area contributed by atoms with Gasteiger partial charge in [-0.05, 0) is 12.2 Å². The fourth-order valence-electron chi connectivity index (χ4n) is 0.467. The highest BCUT2D eigenvalue weighted by atomic mass is 19.4. The molecule has 1 rings (SSSR count). The van der Waals surface area contributed by atoms with E-state index in [-0.39, 0.29) is 5.01 Å². The summed E-state index contributed by atoms with van der Waals surface area (Å²) < 4.78 is 35.1. The minimum Gasteiger partial charge on any atom is -0.298 e. The molecule has 1 aliphatic rings. The van der Waals surface area contributed by atoms with Crippen LogP contribution in [-0.2, 0) is 0 Å². The zero-order valence-corrected chi connectivity index (χ0v) is 4.81. The van der Waals surface area contributed by atoms with Crippen molar-refractivity contribution >= 4 is 0 Å². The zero-order valence-electron chi connectivity index (χ0n) is 4.81. The van der Waals surface area contributed by atoms with Gasteiger partial charge in [0.15, 0.2) is 0 Å². The molecular formula is C5H4F3N2. The molecule has 1 radical (unpaired) electrons. The molecule has 0 unspecified atom stereocenters. The number of rotatable bonds is 0. The summed E-state index contributed by atoms with van der Waals surface area (Å²) in [5.41, 5.74) is 1.94. The van der Waals surface area contributed by atoms with Crippen molar-refractivity contribution in [3.05, 3.63) is 24.6 Å². The van der Waals surface area contributed by atoms with E-state index >= 15 is 0 Å². The van der Waals surface area contributed by atoms with Crippen molar-refractivity contribution in [1.29, 1.82) is 0 Å². The van der Waals surface area contributed by atoms with Crippen molar-refractivity contribution in [2.24, 2.45) is 0 Å². The van der Waals surface area contributed by atoms with Gasteiger partial charge in [0.2, 0.25) is 0 Å². The van der Waals surface area contributed by atoms with Crippen LogP contribution in [0.5, 0.6) is 0 Å². The third-order valence-corrected chi connectivity index (χ3v) is 0.853. The summed E-state index contributed by atoms with van der Waals surface area (Å²) in [6, 6.07) is 0. The smallest absolute Gasteiger partial charge is 0.298 e. The highest BCUT2D eigenvalue weighted by Gasteiger charge is 2.35. The Morgan fingerprint density at radius 2 is 2.10 bits per heavy atom. The SMILES string of the molecule is FC(F)(F)N1[C]=CC=CN1. The first-order valence-electron chi connectivity index (χ1n) is 2.48. The van der Waals surface area contributed by atoms with Gasteiger partial charge in [-0.25, -0.2) is 0 Å². The van der Waals surface area contributed by atoms with Crippen LogP contribution in [0, 0.1) is 6.20 Å². The molecule has 0 aromatic carbocycles. The van der Waals surface area contributed by atoms with Gasteiger partial charge < -0.3 is 0 Å². The maximum atomic E-state index is 11.7. The summed E-state index contributed by atoms with van der Waals surface area (Å²) in [6.07, 6.45) is 1.30. The van der Waals surface area contributed by atoms with E-state index in [1.54, 1.807) is 0 Å². The van der Waals surface area contributed by atoms with Gasteiger partial charge in [0.05, 0.1) is 6.20 Å².